The topological polar surface area (TPSA) is 12.9 Å². The van der Waals surface area contributed by atoms with Crippen molar-refractivity contribution in [2.24, 2.45) is 5.92 Å². The van der Waals surface area contributed by atoms with Crippen molar-refractivity contribution in [1.82, 2.24) is 4.98 Å². The molecule has 0 fully saturated rings. The van der Waals surface area contributed by atoms with Gasteiger partial charge in [0, 0.05) is 4.88 Å². The van der Waals surface area contributed by atoms with Gasteiger partial charge in [0.2, 0.25) is 0 Å². The van der Waals surface area contributed by atoms with Crippen LogP contribution in [0.4, 0.5) is 0 Å². The van der Waals surface area contributed by atoms with Crippen molar-refractivity contribution >= 4 is 11.3 Å². The number of aryl methyl sites for hydroxylation is 2. The van der Waals surface area contributed by atoms with Gasteiger partial charge in [0.1, 0.15) is 0 Å². The number of benzene rings is 1. The fourth-order valence-corrected chi connectivity index (χ4v) is 2.75. The van der Waals surface area contributed by atoms with E-state index < -0.39 is 0 Å². The maximum absolute atomic E-state index is 4.49. The van der Waals surface area contributed by atoms with Crippen LogP contribution in [0.3, 0.4) is 0 Å². The molecule has 2 rings (SSSR count). The molecule has 0 atom stereocenters. The van der Waals surface area contributed by atoms with Gasteiger partial charge in [-0.15, -0.1) is 11.3 Å². The average Bonchev–Trinajstić information content (AvgIpc) is 2.74. The Balaban J connectivity index is 1.97. The van der Waals surface area contributed by atoms with E-state index in [-0.39, 0.29) is 0 Å². The molecule has 1 aromatic carbocycles. The van der Waals surface area contributed by atoms with Gasteiger partial charge in [-0.05, 0) is 30.7 Å². The highest BCUT2D eigenvalue weighted by molar-refractivity contribution is 7.09. The largest absolute Gasteiger partial charge is 0.249 e. The smallest absolute Gasteiger partial charge is 0.0797 e. The predicted molar refractivity (Wildman–Crippen MR) is 74.5 cm³/mol. The van der Waals surface area contributed by atoms with E-state index in [9.17, 15) is 0 Å². The van der Waals surface area contributed by atoms with E-state index in [4.69, 9.17) is 0 Å². The van der Waals surface area contributed by atoms with Gasteiger partial charge in [-0.2, -0.15) is 0 Å². The second-order valence-corrected chi connectivity index (χ2v) is 5.75. The molecule has 90 valence electrons. The Kier molecular flexibility index (Phi) is 4.32. The Bertz CT molecular complexity index is 445. The van der Waals surface area contributed by atoms with E-state index in [1.807, 2.05) is 5.51 Å². The first kappa shape index (κ1) is 12.3. The van der Waals surface area contributed by atoms with E-state index >= 15 is 0 Å². The summed E-state index contributed by atoms with van der Waals surface area (Å²) in [6, 6.07) is 10.7. The van der Waals surface area contributed by atoms with E-state index in [1.54, 1.807) is 11.3 Å². The van der Waals surface area contributed by atoms with Crippen LogP contribution in [0.1, 0.15) is 30.0 Å². The van der Waals surface area contributed by atoms with Crippen molar-refractivity contribution in [2.75, 3.05) is 0 Å². The van der Waals surface area contributed by atoms with Gasteiger partial charge in [0.05, 0.1) is 11.2 Å². The summed E-state index contributed by atoms with van der Waals surface area (Å²) in [4.78, 5) is 5.95. The molecule has 0 aliphatic rings. The first-order valence-corrected chi connectivity index (χ1v) is 7.09. The minimum atomic E-state index is 0.688. The lowest BCUT2D eigenvalue weighted by Crippen LogP contribution is -1.99. The lowest BCUT2D eigenvalue weighted by molar-refractivity contribution is 0.633. The molecule has 0 radical (unpaired) electrons. The minimum Gasteiger partial charge on any atom is -0.249 e. The van der Waals surface area contributed by atoms with Crippen molar-refractivity contribution in [3.05, 3.63) is 52.0 Å². The van der Waals surface area contributed by atoms with Crippen LogP contribution >= 0.6 is 11.3 Å². The van der Waals surface area contributed by atoms with Gasteiger partial charge in [-0.25, -0.2) is 4.98 Å². The molecule has 1 nitrogen and oxygen atoms in total. The molecule has 0 N–H and O–H groups in total. The van der Waals surface area contributed by atoms with Crippen LogP contribution in [0.2, 0.25) is 0 Å². The standard InChI is InChI=1S/C15H19NS/c1-12(2)10-14-15(17-11-16-14)9-8-13-6-4-3-5-7-13/h3-7,11-12H,8-10H2,1-2H3. The second kappa shape index (κ2) is 5.97. The Morgan fingerprint density at radius 1 is 1.12 bits per heavy atom. The third-order valence-electron chi connectivity index (χ3n) is 2.81. The first-order chi connectivity index (χ1) is 8.25. The number of thiazole rings is 1. The zero-order valence-corrected chi connectivity index (χ0v) is 11.3. The van der Waals surface area contributed by atoms with Crippen molar-refractivity contribution in [2.45, 2.75) is 33.1 Å². The molecule has 0 bridgehead atoms. The molecule has 0 amide bonds. The molecule has 2 aromatic rings. The molecule has 0 spiro atoms. The Labute approximate surface area is 108 Å². The van der Waals surface area contributed by atoms with Crippen LogP contribution in [0.25, 0.3) is 0 Å². The van der Waals surface area contributed by atoms with Gasteiger partial charge in [-0.1, -0.05) is 44.2 Å². The highest BCUT2D eigenvalue weighted by atomic mass is 32.1. The SMILES string of the molecule is CC(C)Cc1ncsc1CCc1ccccc1. The van der Waals surface area contributed by atoms with Crippen LogP contribution in [0, 0.1) is 5.92 Å². The molecule has 17 heavy (non-hydrogen) atoms. The van der Waals surface area contributed by atoms with Crippen LogP contribution in [0.15, 0.2) is 35.8 Å². The number of aromatic nitrogens is 1. The number of rotatable bonds is 5. The number of hydrogen-bond acceptors (Lipinski definition) is 2. The number of nitrogens with zero attached hydrogens (tertiary/aromatic N) is 1. The fraction of sp³-hybridized carbons (Fsp3) is 0.400. The monoisotopic (exact) mass is 245 g/mol. The third-order valence-corrected chi connectivity index (χ3v) is 3.75. The van der Waals surface area contributed by atoms with E-state index in [1.165, 1.54) is 16.1 Å². The molecular formula is C15H19NS. The van der Waals surface area contributed by atoms with Crippen LogP contribution in [-0.2, 0) is 19.3 Å². The molecule has 0 unspecified atom stereocenters. The molecule has 1 heterocycles. The Hall–Kier alpha value is -1.15. The Morgan fingerprint density at radius 2 is 1.88 bits per heavy atom. The fourth-order valence-electron chi connectivity index (χ4n) is 1.95. The number of hydrogen-bond donors (Lipinski definition) is 0. The molecule has 2 heteroatoms. The lowest BCUT2D eigenvalue weighted by Gasteiger charge is -2.05. The van der Waals surface area contributed by atoms with Crippen molar-refractivity contribution < 1.29 is 0 Å². The van der Waals surface area contributed by atoms with E-state index in [2.05, 4.69) is 49.2 Å². The summed E-state index contributed by atoms with van der Waals surface area (Å²) in [6.07, 6.45) is 3.35. The Morgan fingerprint density at radius 3 is 2.59 bits per heavy atom. The van der Waals surface area contributed by atoms with Gasteiger partial charge >= 0.3 is 0 Å². The minimum absolute atomic E-state index is 0.688. The summed E-state index contributed by atoms with van der Waals surface area (Å²) in [7, 11) is 0. The highest BCUT2D eigenvalue weighted by Gasteiger charge is 2.08. The van der Waals surface area contributed by atoms with Gasteiger partial charge in [0.25, 0.3) is 0 Å². The average molecular weight is 245 g/mol. The summed E-state index contributed by atoms with van der Waals surface area (Å²) in [5, 5.41) is 0. The summed E-state index contributed by atoms with van der Waals surface area (Å²) < 4.78 is 0. The second-order valence-electron chi connectivity index (χ2n) is 4.81. The van der Waals surface area contributed by atoms with Crippen molar-refractivity contribution in [1.29, 1.82) is 0 Å². The molecule has 0 aliphatic carbocycles. The lowest BCUT2D eigenvalue weighted by atomic mass is 10.0. The van der Waals surface area contributed by atoms with E-state index in [0.717, 1.165) is 19.3 Å². The maximum Gasteiger partial charge on any atom is 0.0797 e. The summed E-state index contributed by atoms with van der Waals surface area (Å²) in [6.45, 7) is 4.50. The third kappa shape index (κ3) is 3.67. The summed E-state index contributed by atoms with van der Waals surface area (Å²) >= 11 is 1.80. The van der Waals surface area contributed by atoms with Gasteiger partial charge in [-0.3, -0.25) is 0 Å². The summed E-state index contributed by atoms with van der Waals surface area (Å²) in [5.74, 6) is 0.688. The summed E-state index contributed by atoms with van der Waals surface area (Å²) in [5.41, 5.74) is 4.70. The molecule has 1 aromatic heterocycles. The van der Waals surface area contributed by atoms with Gasteiger partial charge in [0.15, 0.2) is 0 Å². The van der Waals surface area contributed by atoms with E-state index in [0.29, 0.717) is 5.92 Å². The van der Waals surface area contributed by atoms with Gasteiger partial charge < -0.3 is 0 Å². The molecule has 0 saturated heterocycles. The highest BCUT2D eigenvalue weighted by Crippen LogP contribution is 2.19. The van der Waals surface area contributed by atoms with Crippen LogP contribution in [0.5, 0.6) is 0 Å². The zero-order chi connectivity index (χ0) is 12.1. The van der Waals surface area contributed by atoms with Crippen molar-refractivity contribution in [3.63, 3.8) is 0 Å². The molecule has 0 saturated carbocycles. The van der Waals surface area contributed by atoms with Crippen molar-refractivity contribution in [3.8, 4) is 0 Å². The zero-order valence-electron chi connectivity index (χ0n) is 10.5. The van der Waals surface area contributed by atoms with Crippen LogP contribution < -0.4 is 0 Å². The first-order valence-electron chi connectivity index (χ1n) is 6.21. The van der Waals surface area contributed by atoms with Crippen LogP contribution in [-0.4, -0.2) is 4.98 Å². The maximum atomic E-state index is 4.49. The quantitative estimate of drug-likeness (QED) is 0.772. The normalized spacial score (nSPS) is 11.0. The predicted octanol–water partition coefficient (Wildman–Crippen LogP) is 4.13. The molecular weight excluding hydrogens is 226 g/mol. The molecule has 0 aliphatic heterocycles.